The molecule has 1 N–H and O–H groups in total. The van der Waals surface area contributed by atoms with Crippen molar-refractivity contribution in [2.75, 3.05) is 6.54 Å². The molecule has 2 rings (SSSR count). The highest BCUT2D eigenvalue weighted by molar-refractivity contribution is 4.90. The van der Waals surface area contributed by atoms with E-state index < -0.39 is 12.1 Å². The Morgan fingerprint density at radius 2 is 1.89 bits per heavy atom. The zero-order valence-electron chi connectivity index (χ0n) is 11.2. The normalized spacial score (nSPS) is 32.0. The number of alkyl halides is 3. The number of hydrogen-bond donors (Lipinski definition) is 1. The van der Waals surface area contributed by atoms with Crippen LogP contribution < -0.4 is 5.32 Å². The lowest BCUT2D eigenvalue weighted by Gasteiger charge is -2.43. The molecule has 2 unspecified atom stereocenters. The predicted octanol–water partition coefficient (Wildman–Crippen LogP) is 4.28. The molecule has 2 saturated carbocycles. The van der Waals surface area contributed by atoms with Gasteiger partial charge in [-0.25, -0.2) is 0 Å². The Labute approximate surface area is 108 Å². The first-order chi connectivity index (χ1) is 8.45. The molecule has 2 atom stereocenters. The van der Waals surface area contributed by atoms with Gasteiger partial charge >= 0.3 is 6.18 Å². The molecule has 0 saturated heterocycles. The van der Waals surface area contributed by atoms with Crippen LogP contribution in [0.4, 0.5) is 13.2 Å². The van der Waals surface area contributed by atoms with Crippen molar-refractivity contribution in [3.63, 3.8) is 0 Å². The van der Waals surface area contributed by atoms with Crippen LogP contribution in [0.5, 0.6) is 0 Å². The number of nitrogens with one attached hydrogen (secondary N) is 1. The summed E-state index contributed by atoms with van der Waals surface area (Å²) in [4.78, 5) is 0. The van der Waals surface area contributed by atoms with E-state index in [1.54, 1.807) is 0 Å². The SMILES string of the molecule is CCC1(CNC2CCCC(C(F)(F)F)C2)CCC1. The van der Waals surface area contributed by atoms with Gasteiger partial charge in [-0.3, -0.25) is 0 Å². The van der Waals surface area contributed by atoms with Crippen molar-refractivity contribution in [3.05, 3.63) is 0 Å². The molecule has 0 aromatic heterocycles. The molecular weight excluding hydrogens is 239 g/mol. The Balaban J connectivity index is 1.79. The highest BCUT2D eigenvalue weighted by atomic mass is 19.4. The number of rotatable bonds is 4. The van der Waals surface area contributed by atoms with Crippen molar-refractivity contribution in [3.8, 4) is 0 Å². The highest BCUT2D eigenvalue weighted by Crippen LogP contribution is 2.44. The van der Waals surface area contributed by atoms with Crippen LogP contribution in [0.3, 0.4) is 0 Å². The van der Waals surface area contributed by atoms with Crippen molar-refractivity contribution < 1.29 is 13.2 Å². The van der Waals surface area contributed by atoms with Gasteiger partial charge in [0.15, 0.2) is 0 Å². The van der Waals surface area contributed by atoms with Gasteiger partial charge in [0.25, 0.3) is 0 Å². The van der Waals surface area contributed by atoms with Crippen molar-refractivity contribution >= 4 is 0 Å². The van der Waals surface area contributed by atoms with Gasteiger partial charge in [-0.15, -0.1) is 0 Å². The summed E-state index contributed by atoms with van der Waals surface area (Å²) in [5, 5.41) is 3.42. The average molecular weight is 263 g/mol. The van der Waals surface area contributed by atoms with E-state index in [0.29, 0.717) is 18.3 Å². The zero-order valence-corrected chi connectivity index (χ0v) is 11.2. The molecule has 0 aromatic rings. The lowest BCUT2D eigenvalue weighted by molar-refractivity contribution is -0.183. The fourth-order valence-corrected chi connectivity index (χ4v) is 3.37. The minimum atomic E-state index is -4.00. The molecule has 1 nitrogen and oxygen atoms in total. The van der Waals surface area contributed by atoms with Crippen LogP contribution in [0.15, 0.2) is 0 Å². The fourth-order valence-electron chi connectivity index (χ4n) is 3.37. The minimum absolute atomic E-state index is 0.0781. The number of hydrogen-bond acceptors (Lipinski definition) is 1. The molecule has 0 aliphatic heterocycles. The molecule has 0 radical (unpaired) electrons. The molecule has 18 heavy (non-hydrogen) atoms. The zero-order chi connectivity index (χ0) is 13.2. The van der Waals surface area contributed by atoms with E-state index in [0.717, 1.165) is 19.4 Å². The van der Waals surface area contributed by atoms with Crippen LogP contribution in [0.1, 0.15) is 58.3 Å². The second-order valence-corrected chi connectivity index (χ2v) is 6.19. The van der Waals surface area contributed by atoms with E-state index in [-0.39, 0.29) is 12.5 Å². The van der Waals surface area contributed by atoms with Crippen molar-refractivity contribution in [1.29, 1.82) is 0 Å². The smallest absolute Gasteiger partial charge is 0.313 e. The van der Waals surface area contributed by atoms with Crippen LogP contribution in [-0.2, 0) is 0 Å². The Morgan fingerprint density at radius 1 is 1.17 bits per heavy atom. The van der Waals surface area contributed by atoms with E-state index in [1.165, 1.54) is 19.3 Å². The Kier molecular flexibility index (Phi) is 4.25. The first-order valence-corrected chi connectivity index (χ1v) is 7.25. The molecular formula is C14H24F3N. The van der Waals surface area contributed by atoms with Crippen LogP contribution in [0.2, 0.25) is 0 Å². The summed E-state index contributed by atoms with van der Waals surface area (Å²) in [6, 6.07) is 0.0781. The lowest BCUT2D eigenvalue weighted by atomic mass is 9.67. The topological polar surface area (TPSA) is 12.0 Å². The first-order valence-electron chi connectivity index (χ1n) is 7.25. The van der Waals surface area contributed by atoms with Crippen molar-refractivity contribution in [2.24, 2.45) is 11.3 Å². The summed E-state index contributed by atoms with van der Waals surface area (Å²) in [6.07, 6.45) is 3.13. The third kappa shape index (κ3) is 3.19. The quantitative estimate of drug-likeness (QED) is 0.798. The summed E-state index contributed by atoms with van der Waals surface area (Å²) in [7, 11) is 0. The fraction of sp³-hybridized carbons (Fsp3) is 1.00. The van der Waals surface area contributed by atoms with E-state index >= 15 is 0 Å². The van der Waals surface area contributed by atoms with E-state index in [4.69, 9.17) is 0 Å². The molecule has 0 bridgehead atoms. The van der Waals surface area contributed by atoms with Gasteiger partial charge in [-0.2, -0.15) is 13.2 Å². The van der Waals surface area contributed by atoms with Crippen molar-refractivity contribution in [1.82, 2.24) is 5.32 Å². The predicted molar refractivity (Wildman–Crippen MR) is 66.4 cm³/mol. The van der Waals surface area contributed by atoms with Gasteiger partial charge in [-0.05, 0) is 43.9 Å². The largest absolute Gasteiger partial charge is 0.391 e. The molecule has 4 heteroatoms. The average Bonchev–Trinajstić information content (AvgIpc) is 2.27. The van der Waals surface area contributed by atoms with Gasteiger partial charge in [-0.1, -0.05) is 19.8 Å². The van der Waals surface area contributed by atoms with Gasteiger partial charge in [0.2, 0.25) is 0 Å². The van der Waals surface area contributed by atoms with Crippen molar-refractivity contribution in [2.45, 2.75) is 70.5 Å². The van der Waals surface area contributed by atoms with E-state index in [1.807, 2.05) is 0 Å². The maximum Gasteiger partial charge on any atom is 0.391 e. The maximum absolute atomic E-state index is 12.7. The van der Waals surface area contributed by atoms with E-state index in [2.05, 4.69) is 12.2 Å². The summed E-state index contributed by atoms with van der Waals surface area (Å²) in [5.41, 5.74) is 0.394. The molecule has 2 fully saturated rings. The third-order valence-corrected chi connectivity index (χ3v) is 5.07. The van der Waals surface area contributed by atoms with Gasteiger partial charge in [0, 0.05) is 12.6 Å². The molecule has 2 aliphatic carbocycles. The second-order valence-electron chi connectivity index (χ2n) is 6.19. The van der Waals surface area contributed by atoms with Crippen LogP contribution in [-0.4, -0.2) is 18.8 Å². The molecule has 0 amide bonds. The van der Waals surface area contributed by atoms with Gasteiger partial charge < -0.3 is 5.32 Å². The lowest BCUT2D eigenvalue weighted by Crippen LogP contribution is -2.46. The van der Waals surface area contributed by atoms with Crippen LogP contribution in [0, 0.1) is 11.3 Å². The van der Waals surface area contributed by atoms with E-state index in [9.17, 15) is 13.2 Å². The highest BCUT2D eigenvalue weighted by Gasteiger charge is 2.42. The summed E-state index contributed by atoms with van der Waals surface area (Å²) < 4.78 is 38.1. The Hall–Kier alpha value is -0.250. The van der Waals surface area contributed by atoms with Crippen LogP contribution in [0.25, 0.3) is 0 Å². The molecule has 0 spiro atoms. The number of halogens is 3. The Bertz CT molecular complexity index is 265. The molecule has 0 aromatic carbocycles. The van der Waals surface area contributed by atoms with Gasteiger partial charge in [0.1, 0.15) is 0 Å². The Morgan fingerprint density at radius 3 is 2.39 bits per heavy atom. The standard InChI is InChI=1S/C14H24F3N/c1-2-13(7-4-8-13)10-18-12-6-3-5-11(9-12)14(15,16)17/h11-12,18H,2-10H2,1H3. The molecule has 0 heterocycles. The first kappa shape index (κ1) is 14.2. The third-order valence-electron chi connectivity index (χ3n) is 5.07. The maximum atomic E-state index is 12.7. The summed E-state index contributed by atoms with van der Waals surface area (Å²) in [6.45, 7) is 3.11. The van der Waals surface area contributed by atoms with Gasteiger partial charge in [0.05, 0.1) is 5.92 Å². The summed E-state index contributed by atoms with van der Waals surface area (Å²) in [5.74, 6) is -1.08. The monoisotopic (exact) mass is 263 g/mol. The second kappa shape index (κ2) is 5.40. The molecule has 2 aliphatic rings. The van der Waals surface area contributed by atoms with Crippen LogP contribution >= 0.6 is 0 Å². The summed E-state index contributed by atoms with van der Waals surface area (Å²) >= 11 is 0. The minimum Gasteiger partial charge on any atom is -0.313 e. The molecule has 106 valence electrons.